The molecule has 3 rings (SSSR count). The number of carbonyl (C=O) groups excluding carboxylic acids is 1. The number of aliphatic hydroxyl groups excluding tert-OH is 1. The summed E-state index contributed by atoms with van der Waals surface area (Å²) in [6.45, 7) is 2.73. The maximum absolute atomic E-state index is 12.1. The number of nitrogens with one attached hydrogen (secondary N) is 1. The fourth-order valence-corrected chi connectivity index (χ4v) is 2.13. The van der Waals surface area contributed by atoms with E-state index in [1.54, 1.807) is 16.8 Å². The Morgan fingerprint density at radius 3 is 2.95 bits per heavy atom. The number of benzene rings is 1. The Labute approximate surface area is 110 Å². The van der Waals surface area contributed by atoms with E-state index < -0.39 is 5.54 Å². The molecule has 1 saturated carbocycles. The second kappa shape index (κ2) is 4.31. The van der Waals surface area contributed by atoms with Gasteiger partial charge in [-0.1, -0.05) is 5.21 Å². The van der Waals surface area contributed by atoms with Gasteiger partial charge >= 0.3 is 0 Å². The van der Waals surface area contributed by atoms with E-state index in [1.807, 2.05) is 13.0 Å². The molecule has 0 atom stereocenters. The van der Waals surface area contributed by atoms with Crippen LogP contribution in [0.25, 0.3) is 11.0 Å². The van der Waals surface area contributed by atoms with Crippen molar-refractivity contribution < 1.29 is 9.90 Å². The van der Waals surface area contributed by atoms with E-state index in [0.29, 0.717) is 11.1 Å². The van der Waals surface area contributed by atoms with E-state index >= 15 is 0 Å². The summed E-state index contributed by atoms with van der Waals surface area (Å²) in [6.07, 6.45) is 1.67. The molecule has 0 bridgehead atoms. The average molecular weight is 260 g/mol. The molecule has 6 heteroatoms. The van der Waals surface area contributed by atoms with Gasteiger partial charge in [0.25, 0.3) is 5.91 Å². The molecule has 1 aliphatic carbocycles. The molecule has 0 unspecified atom stereocenters. The third-order valence-corrected chi connectivity index (χ3v) is 3.61. The van der Waals surface area contributed by atoms with Crippen molar-refractivity contribution in [3.63, 3.8) is 0 Å². The first-order chi connectivity index (χ1) is 9.17. The molecule has 0 radical (unpaired) electrons. The van der Waals surface area contributed by atoms with Gasteiger partial charge in [-0.25, -0.2) is 4.68 Å². The molecule has 6 nitrogen and oxygen atoms in total. The molecule has 19 heavy (non-hydrogen) atoms. The lowest BCUT2D eigenvalue weighted by Crippen LogP contribution is -2.39. The summed E-state index contributed by atoms with van der Waals surface area (Å²) < 4.78 is 1.78. The Morgan fingerprint density at radius 2 is 2.32 bits per heavy atom. The normalized spacial score (nSPS) is 16.5. The van der Waals surface area contributed by atoms with Crippen LogP contribution in [0.4, 0.5) is 0 Å². The maximum Gasteiger partial charge on any atom is 0.251 e. The highest BCUT2D eigenvalue weighted by Crippen LogP contribution is 2.34. The predicted molar refractivity (Wildman–Crippen MR) is 69.7 cm³/mol. The summed E-state index contributed by atoms with van der Waals surface area (Å²) in [7, 11) is 0. The maximum atomic E-state index is 12.1. The van der Waals surface area contributed by atoms with E-state index in [-0.39, 0.29) is 12.5 Å². The molecule has 100 valence electrons. The minimum absolute atomic E-state index is 0.00694. The molecule has 0 aliphatic heterocycles. The van der Waals surface area contributed by atoms with Crippen LogP contribution in [0, 0.1) is 0 Å². The van der Waals surface area contributed by atoms with Gasteiger partial charge in [0.1, 0.15) is 5.52 Å². The first kappa shape index (κ1) is 12.1. The largest absolute Gasteiger partial charge is 0.394 e. The molecule has 2 N–H and O–H groups in total. The summed E-state index contributed by atoms with van der Waals surface area (Å²) >= 11 is 0. The van der Waals surface area contributed by atoms with E-state index in [9.17, 15) is 9.90 Å². The van der Waals surface area contributed by atoms with Crippen molar-refractivity contribution in [2.75, 3.05) is 6.61 Å². The Morgan fingerprint density at radius 1 is 1.53 bits per heavy atom. The van der Waals surface area contributed by atoms with E-state index in [1.165, 1.54) is 0 Å². The lowest BCUT2D eigenvalue weighted by molar-refractivity contribution is 0.0907. The zero-order valence-electron chi connectivity index (χ0n) is 10.8. The van der Waals surface area contributed by atoms with Gasteiger partial charge < -0.3 is 10.4 Å². The molecule has 1 aromatic carbocycles. The van der Waals surface area contributed by atoms with Crippen LogP contribution in [0.3, 0.4) is 0 Å². The molecule has 1 aromatic heterocycles. The van der Waals surface area contributed by atoms with Crippen LogP contribution >= 0.6 is 0 Å². The first-order valence-corrected chi connectivity index (χ1v) is 6.44. The summed E-state index contributed by atoms with van der Waals surface area (Å²) in [5.74, 6) is -0.167. The van der Waals surface area contributed by atoms with E-state index in [4.69, 9.17) is 0 Å². The highest BCUT2D eigenvalue weighted by molar-refractivity contribution is 5.97. The van der Waals surface area contributed by atoms with Crippen molar-refractivity contribution in [3.8, 4) is 0 Å². The number of nitrogens with zero attached hydrogens (tertiary/aromatic N) is 3. The molecule has 0 spiro atoms. The van der Waals surface area contributed by atoms with Crippen molar-refractivity contribution in [3.05, 3.63) is 23.8 Å². The first-order valence-electron chi connectivity index (χ1n) is 6.44. The second-order valence-electron chi connectivity index (χ2n) is 5.00. The third-order valence-electron chi connectivity index (χ3n) is 3.61. The van der Waals surface area contributed by atoms with Gasteiger partial charge in [0.15, 0.2) is 0 Å². The van der Waals surface area contributed by atoms with Crippen LogP contribution in [-0.4, -0.2) is 38.2 Å². The number of carbonyl (C=O) groups is 1. The van der Waals surface area contributed by atoms with Gasteiger partial charge in [0.05, 0.1) is 17.7 Å². The van der Waals surface area contributed by atoms with Crippen molar-refractivity contribution >= 4 is 16.9 Å². The molecule has 0 saturated heterocycles. The second-order valence-corrected chi connectivity index (χ2v) is 5.00. The van der Waals surface area contributed by atoms with Crippen molar-refractivity contribution in [2.45, 2.75) is 31.8 Å². The van der Waals surface area contributed by atoms with Crippen LogP contribution in [0.15, 0.2) is 18.2 Å². The number of hydrogen-bond acceptors (Lipinski definition) is 4. The molecular weight excluding hydrogens is 244 g/mol. The van der Waals surface area contributed by atoms with Crippen LogP contribution in [-0.2, 0) is 6.54 Å². The zero-order chi connectivity index (χ0) is 13.5. The number of aromatic nitrogens is 3. The van der Waals surface area contributed by atoms with Crippen molar-refractivity contribution in [2.24, 2.45) is 0 Å². The topological polar surface area (TPSA) is 80.0 Å². The Kier molecular flexibility index (Phi) is 2.74. The number of aryl methyl sites for hydroxylation is 1. The number of hydrogen-bond donors (Lipinski definition) is 2. The zero-order valence-corrected chi connectivity index (χ0v) is 10.8. The monoisotopic (exact) mass is 260 g/mol. The van der Waals surface area contributed by atoms with Gasteiger partial charge in [0, 0.05) is 12.1 Å². The summed E-state index contributed by atoms with van der Waals surface area (Å²) in [4.78, 5) is 12.1. The SMILES string of the molecule is CCn1nnc2cc(C(=O)NC3(CO)CC3)ccc21. The summed E-state index contributed by atoms with van der Waals surface area (Å²) in [6, 6.07) is 5.35. The fraction of sp³-hybridized carbons (Fsp3) is 0.462. The van der Waals surface area contributed by atoms with Crippen LogP contribution in [0.5, 0.6) is 0 Å². The highest BCUT2D eigenvalue weighted by Gasteiger charge is 2.43. The molecular formula is C13H16N4O2. The minimum atomic E-state index is -0.396. The van der Waals surface area contributed by atoms with Crippen molar-refractivity contribution in [1.82, 2.24) is 20.3 Å². The molecule has 1 aliphatic rings. The lowest BCUT2D eigenvalue weighted by atomic mass is 10.1. The van der Waals surface area contributed by atoms with Gasteiger partial charge in [-0.15, -0.1) is 5.10 Å². The number of amides is 1. The minimum Gasteiger partial charge on any atom is -0.394 e. The number of fused-ring (bicyclic) bond motifs is 1. The Hall–Kier alpha value is -1.95. The smallest absolute Gasteiger partial charge is 0.251 e. The summed E-state index contributed by atoms with van der Waals surface area (Å²) in [5, 5.41) is 20.2. The molecule has 1 fully saturated rings. The Balaban J connectivity index is 1.87. The average Bonchev–Trinajstić information content (AvgIpc) is 3.09. The lowest BCUT2D eigenvalue weighted by Gasteiger charge is -2.14. The van der Waals surface area contributed by atoms with E-state index in [0.717, 1.165) is 24.9 Å². The fourth-order valence-electron chi connectivity index (χ4n) is 2.13. The van der Waals surface area contributed by atoms with Crippen molar-refractivity contribution in [1.29, 1.82) is 0 Å². The van der Waals surface area contributed by atoms with Crippen LogP contribution < -0.4 is 5.32 Å². The molecule has 1 heterocycles. The van der Waals surface area contributed by atoms with Gasteiger partial charge in [0.2, 0.25) is 0 Å². The quantitative estimate of drug-likeness (QED) is 0.848. The van der Waals surface area contributed by atoms with Gasteiger partial charge in [-0.05, 0) is 38.0 Å². The molecule has 1 amide bonds. The standard InChI is InChI=1S/C13H16N4O2/c1-2-17-11-4-3-9(7-10(11)15-16-17)12(19)14-13(8-18)5-6-13/h3-4,7,18H,2,5-6,8H2,1H3,(H,14,19). The van der Waals surface area contributed by atoms with Gasteiger partial charge in [-0.3, -0.25) is 4.79 Å². The van der Waals surface area contributed by atoms with Crippen LogP contribution in [0.2, 0.25) is 0 Å². The third kappa shape index (κ3) is 2.08. The summed E-state index contributed by atoms with van der Waals surface area (Å²) in [5.41, 5.74) is 1.79. The Bertz CT molecular complexity index is 631. The van der Waals surface area contributed by atoms with E-state index in [2.05, 4.69) is 15.6 Å². The molecule has 2 aromatic rings. The van der Waals surface area contributed by atoms with Crippen LogP contribution in [0.1, 0.15) is 30.1 Å². The van der Waals surface area contributed by atoms with Gasteiger partial charge in [-0.2, -0.15) is 0 Å². The highest BCUT2D eigenvalue weighted by atomic mass is 16.3. The predicted octanol–water partition coefficient (Wildman–Crippen LogP) is 0.706. The number of aliphatic hydroxyl groups is 1. The number of rotatable bonds is 4.